The Labute approximate surface area is 119 Å². The molecule has 0 fully saturated rings. The molecular weight excluding hydrogens is 251 g/mol. The first-order chi connectivity index (χ1) is 8.56. The van der Waals surface area contributed by atoms with Crippen LogP contribution in [0.1, 0.15) is 10.4 Å². The summed E-state index contributed by atoms with van der Waals surface area (Å²) in [5, 5.41) is 13.6. The molecule has 0 saturated heterocycles. The zero-order chi connectivity index (χ0) is 13.1. The molecule has 1 N–H and O–H groups in total. The van der Waals surface area contributed by atoms with E-state index in [1.165, 1.54) is 12.1 Å². The van der Waals surface area contributed by atoms with E-state index >= 15 is 0 Å². The van der Waals surface area contributed by atoms with Gasteiger partial charge >= 0.3 is 18.9 Å². The monoisotopic (exact) mass is 259 g/mol. The second-order valence-electron chi connectivity index (χ2n) is 3.53. The molecule has 2 heterocycles. The van der Waals surface area contributed by atoms with Crippen LogP contribution < -0.4 is 29.3 Å². The van der Waals surface area contributed by atoms with Crippen LogP contribution in [0.5, 0.6) is 0 Å². The van der Waals surface area contributed by atoms with Gasteiger partial charge in [-0.15, -0.1) is 0 Å². The SMILES string of the molecule is O=C([O-])c1cnc2nc(NCC(F)F)ccc2c1.[Li+]. The van der Waals surface area contributed by atoms with E-state index in [9.17, 15) is 18.7 Å². The predicted octanol–water partition coefficient (Wildman–Crippen LogP) is -2.33. The van der Waals surface area contributed by atoms with E-state index in [4.69, 9.17) is 0 Å². The Balaban J connectivity index is 0.00000180. The van der Waals surface area contributed by atoms with Gasteiger partial charge in [-0.1, -0.05) is 0 Å². The topological polar surface area (TPSA) is 77.9 Å². The minimum absolute atomic E-state index is 0. The fourth-order valence-corrected chi connectivity index (χ4v) is 1.40. The molecule has 0 unspecified atom stereocenters. The molecule has 2 aromatic heterocycles. The van der Waals surface area contributed by atoms with Gasteiger partial charge in [-0.25, -0.2) is 18.7 Å². The van der Waals surface area contributed by atoms with Gasteiger partial charge in [0.05, 0.1) is 12.5 Å². The quantitative estimate of drug-likeness (QED) is 0.623. The van der Waals surface area contributed by atoms with E-state index in [1.807, 2.05) is 0 Å². The number of rotatable bonds is 4. The van der Waals surface area contributed by atoms with E-state index in [-0.39, 0.29) is 35.9 Å². The van der Waals surface area contributed by atoms with Crippen molar-refractivity contribution in [2.24, 2.45) is 0 Å². The van der Waals surface area contributed by atoms with Crippen molar-refractivity contribution in [2.45, 2.75) is 6.43 Å². The van der Waals surface area contributed by atoms with Crippen molar-refractivity contribution in [1.82, 2.24) is 9.97 Å². The summed E-state index contributed by atoms with van der Waals surface area (Å²) >= 11 is 0. The summed E-state index contributed by atoms with van der Waals surface area (Å²) in [6.07, 6.45) is -1.36. The Bertz CT molecular complexity index is 595. The first kappa shape index (κ1) is 15.3. The summed E-state index contributed by atoms with van der Waals surface area (Å²) in [5.41, 5.74) is 0.219. The maximum Gasteiger partial charge on any atom is 1.00 e. The minimum Gasteiger partial charge on any atom is -0.545 e. The fourth-order valence-electron chi connectivity index (χ4n) is 1.40. The van der Waals surface area contributed by atoms with Crippen LogP contribution in [-0.2, 0) is 0 Å². The van der Waals surface area contributed by atoms with Crippen molar-refractivity contribution >= 4 is 22.8 Å². The Kier molecular flexibility index (Phi) is 5.21. The molecule has 0 spiro atoms. The molecule has 8 heteroatoms. The van der Waals surface area contributed by atoms with Crippen molar-refractivity contribution in [3.63, 3.8) is 0 Å². The molecule has 0 aliphatic heterocycles. The van der Waals surface area contributed by atoms with Crippen molar-refractivity contribution in [3.05, 3.63) is 30.0 Å². The molecule has 0 saturated carbocycles. The van der Waals surface area contributed by atoms with E-state index in [0.29, 0.717) is 5.39 Å². The molecule has 19 heavy (non-hydrogen) atoms. The number of aromatic carboxylic acids is 1. The number of anilines is 1. The number of carbonyl (C=O) groups excluding carboxylic acids is 1. The largest absolute Gasteiger partial charge is 1.00 e. The maximum atomic E-state index is 12.0. The first-order valence-electron chi connectivity index (χ1n) is 5.06. The van der Waals surface area contributed by atoms with E-state index in [1.54, 1.807) is 6.07 Å². The normalized spacial score (nSPS) is 10.3. The van der Waals surface area contributed by atoms with Crippen LogP contribution in [0.25, 0.3) is 11.0 Å². The Morgan fingerprint density at radius 2 is 2.16 bits per heavy atom. The number of carboxylic acid groups (broad SMARTS) is 1. The van der Waals surface area contributed by atoms with Gasteiger partial charge in [0.1, 0.15) is 5.82 Å². The Hall–Kier alpha value is -1.71. The molecule has 5 nitrogen and oxygen atoms in total. The zero-order valence-electron chi connectivity index (χ0n) is 10.1. The van der Waals surface area contributed by atoms with Gasteiger partial charge in [0.25, 0.3) is 6.43 Å². The minimum atomic E-state index is -2.48. The molecule has 0 radical (unpaired) electrons. The third kappa shape index (κ3) is 3.88. The summed E-state index contributed by atoms with van der Waals surface area (Å²) in [6.45, 7) is -0.504. The number of nitrogens with zero attached hydrogens (tertiary/aromatic N) is 2. The number of aromatic nitrogens is 2. The number of nitrogens with one attached hydrogen (secondary N) is 1. The number of hydrogen-bond donors (Lipinski definition) is 1. The summed E-state index contributed by atoms with van der Waals surface area (Å²) < 4.78 is 24.0. The number of pyridine rings is 2. The van der Waals surface area contributed by atoms with Gasteiger partial charge in [-0.05, 0) is 18.2 Å². The van der Waals surface area contributed by atoms with Crippen LogP contribution in [0.4, 0.5) is 14.6 Å². The third-order valence-corrected chi connectivity index (χ3v) is 2.22. The fraction of sp³-hybridized carbons (Fsp3) is 0.182. The molecule has 94 valence electrons. The first-order valence-corrected chi connectivity index (χ1v) is 5.06. The van der Waals surface area contributed by atoms with Crippen LogP contribution >= 0.6 is 0 Å². The van der Waals surface area contributed by atoms with Crippen LogP contribution in [0.3, 0.4) is 0 Å². The molecule has 0 bridgehead atoms. The second kappa shape index (κ2) is 6.45. The summed E-state index contributed by atoms with van der Waals surface area (Å²) in [7, 11) is 0. The van der Waals surface area contributed by atoms with Gasteiger partial charge in [-0.2, -0.15) is 0 Å². The molecule has 0 aromatic carbocycles. The van der Waals surface area contributed by atoms with Crippen LogP contribution in [0, 0.1) is 0 Å². The molecule has 0 amide bonds. The predicted molar refractivity (Wildman–Crippen MR) is 58.4 cm³/mol. The van der Waals surface area contributed by atoms with Crippen LogP contribution in [0.2, 0.25) is 0 Å². The number of halogens is 2. The van der Waals surface area contributed by atoms with Gasteiger partial charge < -0.3 is 15.2 Å². The third-order valence-electron chi connectivity index (χ3n) is 2.22. The van der Waals surface area contributed by atoms with Gasteiger partial charge in [-0.3, -0.25) is 0 Å². The van der Waals surface area contributed by atoms with E-state index in [0.717, 1.165) is 6.20 Å². The Morgan fingerprint density at radius 3 is 2.79 bits per heavy atom. The summed E-state index contributed by atoms with van der Waals surface area (Å²) in [5.74, 6) is -1.07. The molecular formula is C11H8F2LiN3O2. The summed E-state index contributed by atoms with van der Waals surface area (Å²) in [4.78, 5) is 18.4. The number of carboxylic acids is 1. The number of hydrogen-bond acceptors (Lipinski definition) is 5. The smallest absolute Gasteiger partial charge is 0.545 e. The second-order valence-corrected chi connectivity index (χ2v) is 3.53. The molecule has 2 aromatic rings. The zero-order valence-corrected chi connectivity index (χ0v) is 10.1. The van der Waals surface area contributed by atoms with Crippen LogP contribution in [0.15, 0.2) is 24.4 Å². The molecule has 0 aliphatic rings. The summed E-state index contributed by atoms with van der Waals surface area (Å²) in [6, 6.07) is 4.39. The average Bonchev–Trinajstić information content (AvgIpc) is 2.35. The maximum absolute atomic E-state index is 12.0. The van der Waals surface area contributed by atoms with Crippen molar-refractivity contribution < 1.29 is 37.5 Å². The number of fused-ring (bicyclic) bond motifs is 1. The molecule has 0 aliphatic carbocycles. The van der Waals surface area contributed by atoms with Gasteiger partial charge in [0.15, 0.2) is 5.65 Å². The van der Waals surface area contributed by atoms with Crippen molar-refractivity contribution in [1.29, 1.82) is 0 Å². The standard InChI is InChI=1S/C11H9F2N3O2.Li/c12-8(13)5-14-9-2-1-6-3-7(11(17)18)4-15-10(6)16-9;/h1-4,8H,5H2,(H,17,18)(H,14,15,16);/q;+1/p-1. The van der Waals surface area contributed by atoms with Crippen molar-refractivity contribution in [2.75, 3.05) is 11.9 Å². The Morgan fingerprint density at radius 1 is 1.42 bits per heavy atom. The average molecular weight is 259 g/mol. The van der Waals surface area contributed by atoms with E-state index in [2.05, 4.69) is 15.3 Å². The number of carbonyl (C=O) groups is 1. The van der Waals surface area contributed by atoms with Crippen LogP contribution in [-0.4, -0.2) is 28.9 Å². The molecule has 0 atom stereocenters. The molecule has 2 rings (SSSR count). The van der Waals surface area contributed by atoms with Gasteiger partial charge in [0.2, 0.25) is 0 Å². The van der Waals surface area contributed by atoms with Gasteiger partial charge in [0, 0.05) is 17.1 Å². The van der Waals surface area contributed by atoms with Crippen molar-refractivity contribution in [3.8, 4) is 0 Å². The number of alkyl halides is 2. The van der Waals surface area contributed by atoms with E-state index < -0.39 is 18.9 Å².